The van der Waals surface area contributed by atoms with Crippen molar-refractivity contribution >= 4 is 0 Å². The summed E-state index contributed by atoms with van der Waals surface area (Å²) >= 11 is 0. The van der Waals surface area contributed by atoms with E-state index in [1.54, 1.807) is 24.3 Å². The van der Waals surface area contributed by atoms with E-state index in [1.165, 1.54) is 5.69 Å². The number of benzene rings is 2. The van der Waals surface area contributed by atoms with Gasteiger partial charge in [0.05, 0.1) is 11.4 Å². The lowest BCUT2D eigenvalue weighted by Crippen LogP contribution is -2.02. The number of nitrogens with zero attached hydrogens (tertiary/aromatic N) is 2. The minimum atomic E-state index is 0.244. The first kappa shape index (κ1) is 15.2. The average molecular weight is 308 g/mol. The molecule has 0 aliphatic carbocycles. The summed E-state index contributed by atoms with van der Waals surface area (Å²) in [7, 11) is 0. The molecule has 0 unspecified atom stereocenters. The minimum absolute atomic E-state index is 0.244. The van der Waals surface area contributed by atoms with Crippen LogP contribution < -0.4 is 0 Å². The molecule has 0 saturated carbocycles. The lowest BCUT2D eigenvalue weighted by molar-refractivity contribution is 0.474. The summed E-state index contributed by atoms with van der Waals surface area (Å²) in [6.07, 6.45) is 1.96. The molecule has 0 atom stereocenters. The van der Waals surface area contributed by atoms with E-state index in [1.807, 2.05) is 28.9 Å². The number of hydrogen-bond acceptors (Lipinski definition) is 3. The maximum Gasteiger partial charge on any atom is 0.115 e. The van der Waals surface area contributed by atoms with Crippen LogP contribution in [0.3, 0.4) is 0 Å². The number of phenols is 2. The van der Waals surface area contributed by atoms with E-state index in [-0.39, 0.29) is 11.5 Å². The zero-order chi connectivity index (χ0) is 16.4. The zero-order valence-corrected chi connectivity index (χ0v) is 13.3. The highest BCUT2D eigenvalue weighted by Gasteiger charge is 2.16. The number of rotatable bonds is 4. The molecule has 3 rings (SSSR count). The van der Waals surface area contributed by atoms with Gasteiger partial charge in [-0.2, -0.15) is 5.10 Å². The Hall–Kier alpha value is -2.75. The monoisotopic (exact) mass is 308 g/mol. The average Bonchev–Trinajstić information content (AvgIpc) is 2.87. The molecule has 118 valence electrons. The molecule has 0 radical (unpaired) electrons. The predicted molar refractivity (Wildman–Crippen MR) is 91.1 cm³/mol. The van der Waals surface area contributed by atoms with E-state index in [0.29, 0.717) is 0 Å². The number of phenolic OH excluding ortho intramolecular Hbond substituents is 2. The van der Waals surface area contributed by atoms with Crippen LogP contribution in [-0.2, 0) is 6.42 Å². The van der Waals surface area contributed by atoms with Crippen LogP contribution in [0.5, 0.6) is 11.5 Å². The number of aromatic hydroxyl groups is 2. The molecule has 4 nitrogen and oxygen atoms in total. The van der Waals surface area contributed by atoms with Crippen LogP contribution in [0.25, 0.3) is 16.9 Å². The Bertz CT molecular complexity index is 803. The van der Waals surface area contributed by atoms with Crippen molar-refractivity contribution in [1.82, 2.24) is 9.78 Å². The van der Waals surface area contributed by atoms with E-state index in [0.717, 1.165) is 35.3 Å². The molecule has 0 aliphatic heterocycles. The second-order valence-electron chi connectivity index (χ2n) is 5.65. The highest BCUT2D eigenvalue weighted by molar-refractivity contribution is 5.65. The molecule has 0 amide bonds. The Kier molecular flexibility index (Phi) is 4.06. The molecule has 2 N–H and O–H groups in total. The molecule has 1 aromatic heterocycles. The fourth-order valence-electron chi connectivity index (χ4n) is 2.76. The third-order valence-corrected chi connectivity index (χ3v) is 3.97. The first-order chi connectivity index (χ1) is 11.1. The molecule has 23 heavy (non-hydrogen) atoms. The number of hydrogen-bond donors (Lipinski definition) is 2. The molecule has 4 heteroatoms. The Morgan fingerprint density at radius 2 is 1.48 bits per heavy atom. The maximum atomic E-state index is 9.49. The summed E-state index contributed by atoms with van der Waals surface area (Å²) in [5.41, 5.74) is 5.14. The van der Waals surface area contributed by atoms with Gasteiger partial charge in [0.1, 0.15) is 11.5 Å². The molecule has 0 bridgehead atoms. The van der Waals surface area contributed by atoms with Crippen LogP contribution in [0.1, 0.15) is 24.6 Å². The van der Waals surface area contributed by atoms with Crippen molar-refractivity contribution in [3.63, 3.8) is 0 Å². The molecule has 0 saturated heterocycles. The van der Waals surface area contributed by atoms with E-state index in [2.05, 4.69) is 13.8 Å². The molecule has 0 spiro atoms. The summed E-state index contributed by atoms with van der Waals surface area (Å²) < 4.78 is 1.94. The van der Waals surface area contributed by atoms with E-state index in [4.69, 9.17) is 5.10 Å². The molecular formula is C19H20N2O2. The van der Waals surface area contributed by atoms with Gasteiger partial charge in [0.15, 0.2) is 0 Å². The largest absolute Gasteiger partial charge is 0.508 e. The molecule has 2 aromatic carbocycles. The first-order valence-electron chi connectivity index (χ1n) is 7.77. The van der Waals surface area contributed by atoms with Gasteiger partial charge in [0, 0.05) is 11.3 Å². The van der Waals surface area contributed by atoms with Gasteiger partial charge >= 0.3 is 0 Å². The van der Waals surface area contributed by atoms with E-state index < -0.39 is 0 Å². The van der Waals surface area contributed by atoms with Crippen LogP contribution in [0.15, 0.2) is 48.5 Å². The maximum absolute atomic E-state index is 9.49. The van der Waals surface area contributed by atoms with Gasteiger partial charge in [-0.25, -0.2) is 4.68 Å². The normalized spacial score (nSPS) is 10.9. The third kappa shape index (κ3) is 2.93. The Labute approximate surface area is 135 Å². The standard InChI is InChI=1S/C19H20N2O2/c1-3-4-18-13(2)19(14-5-9-16(22)10-6-14)20-21(18)15-7-11-17(23)12-8-15/h5-12,22-23H,3-4H2,1-2H3. The highest BCUT2D eigenvalue weighted by atomic mass is 16.3. The number of aromatic nitrogens is 2. The van der Waals surface area contributed by atoms with Crippen molar-refractivity contribution in [3.05, 3.63) is 59.8 Å². The Balaban J connectivity index is 2.14. The van der Waals surface area contributed by atoms with Gasteiger partial charge in [-0.05, 0) is 67.4 Å². The van der Waals surface area contributed by atoms with Crippen LogP contribution in [0, 0.1) is 6.92 Å². The van der Waals surface area contributed by atoms with Gasteiger partial charge in [0.25, 0.3) is 0 Å². The Morgan fingerprint density at radius 3 is 2.04 bits per heavy atom. The van der Waals surface area contributed by atoms with E-state index >= 15 is 0 Å². The van der Waals surface area contributed by atoms with Gasteiger partial charge in [-0.15, -0.1) is 0 Å². The van der Waals surface area contributed by atoms with Crippen molar-refractivity contribution in [2.24, 2.45) is 0 Å². The van der Waals surface area contributed by atoms with Gasteiger partial charge < -0.3 is 10.2 Å². The van der Waals surface area contributed by atoms with Crippen LogP contribution in [-0.4, -0.2) is 20.0 Å². The van der Waals surface area contributed by atoms with Gasteiger partial charge in [-0.1, -0.05) is 13.3 Å². The van der Waals surface area contributed by atoms with Crippen molar-refractivity contribution in [2.75, 3.05) is 0 Å². The van der Waals surface area contributed by atoms with Gasteiger partial charge in [0.2, 0.25) is 0 Å². The lowest BCUT2D eigenvalue weighted by Gasteiger charge is -2.07. The van der Waals surface area contributed by atoms with Crippen molar-refractivity contribution in [1.29, 1.82) is 0 Å². The topological polar surface area (TPSA) is 58.3 Å². The zero-order valence-electron chi connectivity index (χ0n) is 13.3. The van der Waals surface area contributed by atoms with Crippen LogP contribution in [0.2, 0.25) is 0 Å². The summed E-state index contributed by atoms with van der Waals surface area (Å²) in [5, 5.41) is 23.7. The summed E-state index contributed by atoms with van der Waals surface area (Å²) in [6, 6.07) is 14.2. The Morgan fingerprint density at radius 1 is 0.913 bits per heavy atom. The van der Waals surface area contributed by atoms with E-state index in [9.17, 15) is 10.2 Å². The second kappa shape index (κ2) is 6.16. The second-order valence-corrected chi connectivity index (χ2v) is 5.65. The fraction of sp³-hybridized carbons (Fsp3) is 0.211. The highest BCUT2D eigenvalue weighted by Crippen LogP contribution is 2.29. The predicted octanol–water partition coefficient (Wildman–Crippen LogP) is 4.21. The van der Waals surface area contributed by atoms with Crippen LogP contribution in [0.4, 0.5) is 0 Å². The first-order valence-corrected chi connectivity index (χ1v) is 7.77. The summed E-state index contributed by atoms with van der Waals surface area (Å²) in [4.78, 5) is 0. The SMILES string of the molecule is CCCc1c(C)c(-c2ccc(O)cc2)nn1-c1ccc(O)cc1. The quantitative estimate of drug-likeness (QED) is 0.759. The van der Waals surface area contributed by atoms with Crippen molar-refractivity contribution in [2.45, 2.75) is 26.7 Å². The smallest absolute Gasteiger partial charge is 0.115 e. The molecule has 0 aliphatic rings. The van der Waals surface area contributed by atoms with Crippen molar-refractivity contribution < 1.29 is 10.2 Å². The fourth-order valence-corrected chi connectivity index (χ4v) is 2.76. The van der Waals surface area contributed by atoms with Crippen LogP contribution >= 0.6 is 0 Å². The molecule has 0 fully saturated rings. The van der Waals surface area contributed by atoms with Gasteiger partial charge in [-0.3, -0.25) is 0 Å². The molecule has 3 aromatic rings. The summed E-state index contributed by atoms with van der Waals surface area (Å²) in [6.45, 7) is 4.23. The minimum Gasteiger partial charge on any atom is -0.508 e. The van der Waals surface area contributed by atoms with Crippen molar-refractivity contribution in [3.8, 4) is 28.4 Å². The lowest BCUT2D eigenvalue weighted by atomic mass is 10.0. The molecular weight excluding hydrogens is 288 g/mol. The molecule has 1 heterocycles. The third-order valence-electron chi connectivity index (χ3n) is 3.97. The summed E-state index contributed by atoms with van der Waals surface area (Å²) in [5.74, 6) is 0.492.